The topological polar surface area (TPSA) is 0 Å². The summed E-state index contributed by atoms with van der Waals surface area (Å²) in [6.07, 6.45) is 11.9. The van der Waals surface area contributed by atoms with Gasteiger partial charge in [0, 0.05) is 82.3 Å². The summed E-state index contributed by atoms with van der Waals surface area (Å²) in [6.45, 7) is 28.8. The van der Waals surface area contributed by atoms with Crippen molar-refractivity contribution < 1.29 is 0 Å². The molecule has 0 unspecified atom stereocenters. The third-order valence-corrected chi connectivity index (χ3v) is 19.7. The van der Waals surface area contributed by atoms with E-state index in [4.69, 9.17) is 0 Å². The molecule has 0 amide bonds. The van der Waals surface area contributed by atoms with Crippen LogP contribution in [0.2, 0.25) is 0 Å². The number of hydrogen-bond donors (Lipinski definition) is 1. The van der Waals surface area contributed by atoms with E-state index in [2.05, 4.69) is 185 Å². The predicted molar refractivity (Wildman–Crippen MR) is 368 cm³/mol. The van der Waals surface area contributed by atoms with E-state index in [0.717, 1.165) is 5.75 Å². The lowest BCUT2D eigenvalue weighted by atomic mass is 10.1. The Kier molecular flexibility index (Phi) is 43.4. The molecule has 10 aromatic heterocycles. The lowest BCUT2D eigenvalue weighted by Gasteiger charge is -1.96. The van der Waals surface area contributed by atoms with Gasteiger partial charge in [0.15, 0.2) is 0 Å². The Morgan fingerprint density at radius 3 is 0.840 bits per heavy atom. The highest BCUT2D eigenvalue weighted by atomic mass is 32.1. The SMILES string of the molecule is CC.CC.CC.CC.CC.CCCCCCc1cc(-c2cccs2)cs1.CCCCCc1cc(-c2cccs2)cs1.Cc1cc(-c2cccs2)cs1.Cc1cc(-c2cccs2)cs1.SCc1cc(-c2cccs2)cs1. The van der Waals surface area contributed by atoms with Gasteiger partial charge in [-0.25, -0.2) is 0 Å². The molecule has 0 aliphatic carbocycles. The summed E-state index contributed by atoms with van der Waals surface area (Å²) in [6, 6.07) is 32.8. The van der Waals surface area contributed by atoms with Crippen LogP contribution < -0.4 is 0 Å². The van der Waals surface area contributed by atoms with Gasteiger partial charge in [-0.1, -0.05) is 146 Å². The van der Waals surface area contributed by atoms with Gasteiger partial charge in [0.2, 0.25) is 0 Å². The normalized spacial score (nSPS) is 9.53. The van der Waals surface area contributed by atoms with Crippen LogP contribution in [0.4, 0.5) is 0 Å². The van der Waals surface area contributed by atoms with E-state index in [9.17, 15) is 0 Å². The van der Waals surface area contributed by atoms with Gasteiger partial charge in [-0.15, -0.1) is 113 Å². The molecule has 0 saturated carbocycles. The maximum Gasteiger partial charge on any atom is 0.0351 e. The molecule has 0 aromatic carbocycles. The van der Waals surface area contributed by atoms with Gasteiger partial charge in [-0.05, 0) is 154 Å². The van der Waals surface area contributed by atoms with Crippen LogP contribution in [0.3, 0.4) is 0 Å². The first kappa shape index (κ1) is 70.4. The zero-order valence-corrected chi connectivity index (χ0v) is 56.6. The van der Waals surface area contributed by atoms with Gasteiger partial charge >= 0.3 is 0 Å². The van der Waals surface area contributed by atoms with E-state index in [-0.39, 0.29) is 0 Å². The van der Waals surface area contributed by atoms with Gasteiger partial charge in [0.25, 0.3) is 0 Å². The van der Waals surface area contributed by atoms with E-state index in [1.807, 2.05) is 137 Å². The number of aryl methyl sites for hydroxylation is 4. The molecular weight excluding hydrogens is 1120 g/mol. The first-order chi connectivity index (χ1) is 36.9. The van der Waals surface area contributed by atoms with E-state index in [1.165, 1.54) is 129 Å². The van der Waals surface area contributed by atoms with Crippen molar-refractivity contribution in [1.29, 1.82) is 0 Å². The highest BCUT2D eigenvalue weighted by molar-refractivity contribution is 7.79. The summed E-state index contributed by atoms with van der Waals surface area (Å²) in [5, 5.41) is 21.8. The molecule has 10 heterocycles. The van der Waals surface area contributed by atoms with Crippen LogP contribution >= 0.6 is 126 Å². The molecule has 0 aliphatic heterocycles. The molecule has 0 nitrogen and oxygen atoms in total. The van der Waals surface area contributed by atoms with Crippen LogP contribution in [-0.4, -0.2) is 0 Å². The van der Waals surface area contributed by atoms with Crippen molar-refractivity contribution in [2.24, 2.45) is 0 Å². The second-order valence-corrected chi connectivity index (χ2v) is 25.4. The van der Waals surface area contributed by atoms with Crippen molar-refractivity contribution in [3.8, 4) is 52.2 Å². The van der Waals surface area contributed by atoms with Gasteiger partial charge in [-0.3, -0.25) is 0 Å². The Hall–Kier alpha value is -2.65. The van der Waals surface area contributed by atoms with Crippen LogP contribution in [0, 0.1) is 13.8 Å². The fourth-order valence-electron chi connectivity index (χ4n) is 6.51. The number of hydrogen-bond acceptors (Lipinski definition) is 11. The molecule has 10 rings (SSSR count). The lowest BCUT2D eigenvalue weighted by molar-refractivity contribution is 0.670. The monoisotopic (exact) mass is 1210 g/mol. The van der Waals surface area contributed by atoms with Crippen molar-refractivity contribution in [2.75, 3.05) is 0 Å². The molecule has 0 radical (unpaired) electrons. The smallest absolute Gasteiger partial charge is 0.0351 e. The minimum Gasteiger partial charge on any atom is -0.174 e. The molecule has 11 heteroatoms. The van der Waals surface area contributed by atoms with Gasteiger partial charge in [0.05, 0.1) is 0 Å². The summed E-state index contributed by atoms with van der Waals surface area (Å²) < 4.78 is 0. The first-order valence-corrected chi connectivity index (χ1v) is 36.5. The van der Waals surface area contributed by atoms with Crippen molar-refractivity contribution in [3.05, 3.63) is 169 Å². The maximum absolute atomic E-state index is 4.23. The van der Waals surface area contributed by atoms with Crippen molar-refractivity contribution in [3.63, 3.8) is 0 Å². The molecule has 0 aliphatic rings. The molecule has 0 N–H and O–H groups in total. The van der Waals surface area contributed by atoms with Crippen LogP contribution in [-0.2, 0) is 18.6 Å². The number of thiol groups is 1. The molecule has 75 heavy (non-hydrogen) atoms. The van der Waals surface area contributed by atoms with Crippen molar-refractivity contribution >= 4 is 126 Å². The third-order valence-electron chi connectivity index (χ3n) is 9.91. The second kappa shape index (κ2) is 46.3. The summed E-state index contributed by atoms with van der Waals surface area (Å²) >= 11 is 22.5. The maximum atomic E-state index is 4.23. The Morgan fingerprint density at radius 1 is 0.320 bits per heavy atom. The summed E-state index contributed by atoms with van der Waals surface area (Å²) in [5.41, 5.74) is 6.87. The zero-order valence-electron chi connectivity index (χ0n) is 47.5. The minimum absolute atomic E-state index is 0.843. The van der Waals surface area contributed by atoms with Crippen molar-refractivity contribution in [2.45, 2.75) is 160 Å². The van der Waals surface area contributed by atoms with Gasteiger partial charge in [-0.2, -0.15) is 12.6 Å². The van der Waals surface area contributed by atoms with E-state index in [1.54, 1.807) is 50.2 Å². The second-order valence-electron chi connectivity index (χ2n) is 15.1. The standard InChI is InChI=1S/C14H18S2.C13H16S2.C9H8S3.2C9H8S2.5C2H6/c1-2-3-4-5-7-13-10-12(11-16-13)14-8-6-9-15-14;1-2-3-4-6-12-9-11(10-15-12)13-7-5-8-14-13;10-5-8-4-7(6-12-8)9-2-1-3-11-9;2*1-7-5-8(6-11-7)9-3-2-4-10-9;5*1-2/h6,8-11H,2-5,7H2,1H3;5,7-10H,2-4,6H2,1H3;1-4,6,10H,5H2;2*2-6H,1H3;5*1-2H3. The number of rotatable bonds is 15. The molecule has 0 spiro atoms. The van der Waals surface area contributed by atoms with E-state index < -0.39 is 0 Å². The Bertz CT molecular complexity index is 2580. The molecular formula is C64H88S11. The third kappa shape index (κ3) is 28.2. The summed E-state index contributed by atoms with van der Waals surface area (Å²) in [4.78, 5) is 14.1. The highest BCUT2D eigenvalue weighted by Gasteiger charge is 2.06. The summed E-state index contributed by atoms with van der Waals surface area (Å²) in [7, 11) is 0. The molecule has 410 valence electrons. The molecule has 0 bridgehead atoms. The summed E-state index contributed by atoms with van der Waals surface area (Å²) in [5.74, 6) is 0.843. The predicted octanol–water partition coefficient (Wildman–Crippen LogP) is 27.4. The van der Waals surface area contributed by atoms with Crippen LogP contribution in [0.5, 0.6) is 0 Å². The average molecular weight is 1210 g/mol. The Labute approximate surface area is 502 Å². The van der Waals surface area contributed by atoms with E-state index >= 15 is 0 Å². The molecule has 0 saturated heterocycles. The fraction of sp³-hybridized carbons (Fsp3) is 0.375. The number of unbranched alkanes of at least 4 members (excludes halogenated alkanes) is 5. The number of thiophene rings is 10. The molecule has 0 fully saturated rings. The molecule has 10 aromatic rings. The van der Waals surface area contributed by atoms with Crippen LogP contribution in [0.15, 0.2) is 145 Å². The quantitative estimate of drug-likeness (QED) is 0.0768. The Morgan fingerprint density at radius 2 is 0.587 bits per heavy atom. The minimum atomic E-state index is 0.843. The average Bonchev–Trinajstić information content (AvgIpc) is 4.28. The van der Waals surface area contributed by atoms with Gasteiger partial charge in [0.1, 0.15) is 0 Å². The highest BCUT2D eigenvalue weighted by Crippen LogP contribution is 2.33. The zero-order chi connectivity index (χ0) is 55.5. The van der Waals surface area contributed by atoms with Crippen LogP contribution in [0.25, 0.3) is 52.2 Å². The lowest BCUT2D eigenvalue weighted by Crippen LogP contribution is -1.80. The van der Waals surface area contributed by atoms with Gasteiger partial charge < -0.3 is 0 Å². The fourth-order valence-corrected chi connectivity index (χ4v) is 14.8. The Balaban J connectivity index is 0.000000452. The van der Waals surface area contributed by atoms with E-state index in [0.29, 0.717) is 0 Å². The largest absolute Gasteiger partial charge is 0.174 e. The van der Waals surface area contributed by atoms with Crippen molar-refractivity contribution in [1.82, 2.24) is 0 Å². The first-order valence-electron chi connectivity index (χ1n) is 27.0. The van der Waals surface area contributed by atoms with Crippen LogP contribution in [0.1, 0.15) is 152 Å². The molecule has 0 atom stereocenters.